The SMILES string of the molecule is CC(C)OC(=O)NC(C)c1nc2ccccc2[nH]1. The van der Waals surface area contributed by atoms with Crippen LogP contribution < -0.4 is 5.32 Å². The van der Waals surface area contributed by atoms with Gasteiger partial charge in [-0.15, -0.1) is 0 Å². The van der Waals surface area contributed by atoms with E-state index in [1.54, 1.807) is 0 Å². The number of amides is 1. The largest absolute Gasteiger partial charge is 0.447 e. The molecule has 1 amide bonds. The minimum absolute atomic E-state index is 0.132. The Labute approximate surface area is 106 Å². The summed E-state index contributed by atoms with van der Waals surface area (Å²) in [6.45, 7) is 5.48. The molecule has 0 bridgehead atoms. The molecule has 0 fully saturated rings. The van der Waals surface area contributed by atoms with Crippen LogP contribution in [0.15, 0.2) is 24.3 Å². The zero-order valence-electron chi connectivity index (χ0n) is 10.7. The third kappa shape index (κ3) is 2.80. The predicted octanol–water partition coefficient (Wildman–Crippen LogP) is 2.76. The quantitative estimate of drug-likeness (QED) is 0.876. The van der Waals surface area contributed by atoms with E-state index in [4.69, 9.17) is 4.74 Å². The summed E-state index contributed by atoms with van der Waals surface area (Å²) in [4.78, 5) is 19.1. The third-order valence-corrected chi connectivity index (χ3v) is 2.49. The molecule has 0 saturated heterocycles. The van der Waals surface area contributed by atoms with E-state index >= 15 is 0 Å². The molecule has 0 aliphatic carbocycles. The molecule has 2 N–H and O–H groups in total. The number of aromatic amines is 1. The number of para-hydroxylation sites is 2. The van der Waals surface area contributed by atoms with Gasteiger partial charge in [0.05, 0.1) is 23.2 Å². The van der Waals surface area contributed by atoms with Crippen molar-refractivity contribution in [3.05, 3.63) is 30.1 Å². The fourth-order valence-electron chi connectivity index (χ4n) is 1.67. The number of ether oxygens (including phenoxy) is 1. The van der Waals surface area contributed by atoms with Crippen molar-refractivity contribution in [3.63, 3.8) is 0 Å². The van der Waals surface area contributed by atoms with Crippen LogP contribution in [0.25, 0.3) is 11.0 Å². The van der Waals surface area contributed by atoms with Crippen molar-refractivity contribution >= 4 is 17.1 Å². The van der Waals surface area contributed by atoms with Gasteiger partial charge in [0.1, 0.15) is 5.82 Å². The van der Waals surface area contributed by atoms with Crippen LogP contribution in [0.5, 0.6) is 0 Å². The Bertz CT molecular complexity index is 515. The molecule has 96 valence electrons. The number of H-pyrrole nitrogens is 1. The van der Waals surface area contributed by atoms with Crippen LogP contribution in [-0.2, 0) is 4.74 Å². The van der Waals surface area contributed by atoms with Gasteiger partial charge in [-0.2, -0.15) is 0 Å². The standard InChI is InChI=1S/C13H17N3O2/c1-8(2)18-13(17)14-9(3)12-15-10-6-4-5-7-11(10)16-12/h4-9H,1-3H3,(H,14,17)(H,15,16). The number of benzene rings is 1. The summed E-state index contributed by atoms with van der Waals surface area (Å²) in [5.74, 6) is 0.719. The highest BCUT2D eigenvalue weighted by Gasteiger charge is 2.14. The molecule has 2 aromatic rings. The number of carbonyl (C=O) groups is 1. The summed E-state index contributed by atoms with van der Waals surface area (Å²) < 4.78 is 5.02. The lowest BCUT2D eigenvalue weighted by Crippen LogP contribution is -2.29. The van der Waals surface area contributed by atoms with E-state index in [0.717, 1.165) is 16.9 Å². The molecule has 1 heterocycles. The average molecular weight is 247 g/mol. The lowest BCUT2D eigenvalue weighted by molar-refractivity contribution is 0.112. The lowest BCUT2D eigenvalue weighted by Gasteiger charge is -2.13. The van der Waals surface area contributed by atoms with Gasteiger partial charge < -0.3 is 15.0 Å². The molecule has 2 rings (SSSR count). The van der Waals surface area contributed by atoms with E-state index < -0.39 is 6.09 Å². The number of alkyl carbamates (subject to hydrolysis) is 1. The minimum atomic E-state index is -0.432. The molecule has 18 heavy (non-hydrogen) atoms. The van der Waals surface area contributed by atoms with Crippen molar-refractivity contribution in [1.29, 1.82) is 0 Å². The summed E-state index contributed by atoms with van der Waals surface area (Å²) in [6.07, 6.45) is -0.564. The number of fused-ring (bicyclic) bond motifs is 1. The van der Waals surface area contributed by atoms with Crippen LogP contribution >= 0.6 is 0 Å². The Morgan fingerprint density at radius 3 is 2.72 bits per heavy atom. The number of aromatic nitrogens is 2. The molecule has 0 aliphatic rings. The van der Waals surface area contributed by atoms with Crippen molar-refractivity contribution in [2.24, 2.45) is 0 Å². The first-order valence-corrected chi connectivity index (χ1v) is 5.98. The second-order valence-electron chi connectivity index (χ2n) is 4.46. The summed E-state index contributed by atoms with van der Waals surface area (Å²) in [5, 5.41) is 2.73. The van der Waals surface area contributed by atoms with E-state index in [9.17, 15) is 4.79 Å². The first-order valence-electron chi connectivity index (χ1n) is 5.98. The number of imidazole rings is 1. The molecule has 1 aromatic carbocycles. The van der Waals surface area contributed by atoms with Gasteiger partial charge in [0.2, 0.25) is 0 Å². The number of carbonyl (C=O) groups excluding carboxylic acids is 1. The molecule has 1 aromatic heterocycles. The molecular weight excluding hydrogens is 230 g/mol. The molecule has 5 heteroatoms. The van der Waals surface area contributed by atoms with Crippen molar-refractivity contribution in [1.82, 2.24) is 15.3 Å². The van der Waals surface area contributed by atoms with E-state index in [2.05, 4.69) is 15.3 Å². The van der Waals surface area contributed by atoms with Crippen molar-refractivity contribution in [3.8, 4) is 0 Å². The molecule has 1 unspecified atom stereocenters. The second-order valence-corrected chi connectivity index (χ2v) is 4.46. The number of nitrogens with zero attached hydrogens (tertiary/aromatic N) is 1. The Balaban J connectivity index is 2.08. The van der Waals surface area contributed by atoms with Crippen molar-refractivity contribution in [2.45, 2.75) is 32.9 Å². The van der Waals surface area contributed by atoms with Crippen LogP contribution in [0.4, 0.5) is 4.79 Å². The Morgan fingerprint density at radius 1 is 1.33 bits per heavy atom. The van der Waals surface area contributed by atoms with Gasteiger partial charge in [0.25, 0.3) is 0 Å². The van der Waals surface area contributed by atoms with Gasteiger partial charge in [0, 0.05) is 0 Å². The average Bonchev–Trinajstić information content (AvgIpc) is 2.71. The lowest BCUT2D eigenvalue weighted by atomic mass is 10.3. The number of rotatable bonds is 3. The molecule has 0 spiro atoms. The highest BCUT2D eigenvalue weighted by atomic mass is 16.6. The topological polar surface area (TPSA) is 67.0 Å². The predicted molar refractivity (Wildman–Crippen MR) is 69.3 cm³/mol. The maximum absolute atomic E-state index is 11.5. The van der Waals surface area contributed by atoms with E-state index in [1.807, 2.05) is 45.0 Å². The summed E-state index contributed by atoms with van der Waals surface area (Å²) in [7, 11) is 0. The van der Waals surface area contributed by atoms with Crippen LogP contribution in [0.3, 0.4) is 0 Å². The fourth-order valence-corrected chi connectivity index (χ4v) is 1.67. The van der Waals surface area contributed by atoms with Crippen molar-refractivity contribution < 1.29 is 9.53 Å². The van der Waals surface area contributed by atoms with Gasteiger partial charge in [-0.1, -0.05) is 12.1 Å². The second kappa shape index (κ2) is 5.08. The van der Waals surface area contributed by atoms with E-state index in [-0.39, 0.29) is 12.1 Å². The highest BCUT2D eigenvalue weighted by Crippen LogP contribution is 2.15. The zero-order valence-corrected chi connectivity index (χ0v) is 10.7. The monoisotopic (exact) mass is 247 g/mol. The molecular formula is C13H17N3O2. The fraction of sp³-hybridized carbons (Fsp3) is 0.385. The molecule has 5 nitrogen and oxygen atoms in total. The van der Waals surface area contributed by atoms with E-state index in [1.165, 1.54) is 0 Å². The van der Waals surface area contributed by atoms with Crippen LogP contribution in [0, 0.1) is 0 Å². The first-order chi connectivity index (χ1) is 8.56. The Kier molecular flexibility index (Phi) is 3.50. The number of hydrogen-bond donors (Lipinski definition) is 2. The normalized spacial score (nSPS) is 12.7. The van der Waals surface area contributed by atoms with Gasteiger partial charge in [-0.25, -0.2) is 9.78 Å². The summed E-state index contributed by atoms with van der Waals surface area (Å²) in [6, 6.07) is 7.52. The molecule has 0 radical (unpaired) electrons. The third-order valence-electron chi connectivity index (χ3n) is 2.49. The molecule has 0 saturated carbocycles. The van der Waals surface area contributed by atoms with Gasteiger partial charge in [-0.05, 0) is 32.9 Å². The maximum Gasteiger partial charge on any atom is 0.407 e. The molecule has 0 aliphatic heterocycles. The van der Waals surface area contributed by atoms with Gasteiger partial charge >= 0.3 is 6.09 Å². The van der Waals surface area contributed by atoms with Gasteiger partial charge in [-0.3, -0.25) is 0 Å². The Hall–Kier alpha value is -2.04. The van der Waals surface area contributed by atoms with E-state index in [0.29, 0.717) is 0 Å². The van der Waals surface area contributed by atoms with Crippen LogP contribution in [-0.4, -0.2) is 22.2 Å². The number of hydrogen-bond acceptors (Lipinski definition) is 3. The molecule has 1 atom stereocenters. The minimum Gasteiger partial charge on any atom is -0.447 e. The zero-order chi connectivity index (χ0) is 13.1. The summed E-state index contributed by atoms with van der Waals surface area (Å²) >= 11 is 0. The summed E-state index contributed by atoms with van der Waals surface area (Å²) in [5.41, 5.74) is 1.84. The number of nitrogens with one attached hydrogen (secondary N) is 2. The van der Waals surface area contributed by atoms with Crippen molar-refractivity contribution in [2.75, 3.05) is 0 Å². The maximum atomic E-state index is 11.5. The van der Waals surface area contributed by atoms with Gasteiger partial charge in [0.15, 0.2) is 0 Å². The first kappa shape index (κ1) is 12.4. The smallest absolute Gasteiger partial charge is 0.407 e. The van der Waals surface area contributed by atoms with Crippen LogP contribution in [0.1, 0.15) is 32.6 Å². The van der Waals surface area contributed by atoms with Crippen LogP contribution in [0.2, 0.25) is 0 Å². The highest BCUT2D eigenvalue weighted by molar-refractivity contribution is 5.75. The Morgan fingerprint density at radius 2 is 2.06 bits per heavy atom.